The van der Waals surface area contributed by atoms with E-state index in [1.54, 1.807) is 7.11 Å². The Kier molecular flexibility index (Phi) is 4.35. The number of aldehydes is 1. The summed E-state index contributed by atoms with van der Waals surface area (Å²) in [5, 5.41) is 0. The van der Waals surface area contributed by atoms with E-state index in [1.807, 2.05) is 12.1 Å². The molecule has 0 aliphatic heterocycles. The minimum absolute atomic E-state index is 0.267. The van der Waals surface area contributed by atoms with Gasteiger partial charge in [-0.15, -0.1) is 0 Å². The maximum absolute atomic E-state index is 10.5. The van der Waals surface area contributed by atoms with E-state index in [0.29, 0.717) is 6.42 Å². The minimum atomic E-state index is 0.267. The van der Waals surface area contributed by atoms with Crippen molar-refractivity contribution in [3.8, 4) is 5.75 Å². The van der Waals surface area contributed by atoms with Gasteiger partial charge in [0.2, 0.25) is 0 Å². The number of carbonyl (C=O) groups is 1. The Morgan fingerprint density at radius 3 is 2.67 bits per heavy atom. The second-order valence-electron chi connectivity index (χ2n) is 3.77. The zero-order valence-corrected chi connectivity index (χ0v) is 9.62. The highest BCUT2D eigenvalue weighted by atomic mass is 16.5. The normalized spacial score (nSPS) is 12.2. The highest BCUT2D eigenvalue weighted by Crippen LogP contribution is 2.25. The van der Waals surface area contributed by atoms with Crippen LogP contribution in [0.5, 0.6) is 5.75 Å². The van der Waals surface area contributed by atoms with Crippen LogP contribution in [0.2, 0.25) is 0 Å². The number of carbonyl (C=O) groups excluding carboxylic acids is 1. The van der Waals surface area contributed by atoms with Crippen molar-refractivity contribution in [2.75, 3.05) is 7.11 Å². The molecular weight excluding hydrogens is 188 g/mol. The van der Waals surface area contributed by atoms with Crippen LogP contribution in [0.1, 0.15) is 37.3 Å². The van der Waals surface area contributed by atoms with Gasteiger partial charge in [0.05, 0.1) is 7.11 Å². The molecule has 1 rings (SSSR count). The molecule has 0 saturated carbocycles. The second kappa shape index (κ2) is 5.54. The molecule has 1 aromatic rings. The Balaban J connectivity index is 3.00. The van der Waals surface area contributed by atoms with Crippen LogP contribution in [0.4, 0.5) is 0 Å². The van der Waals surface area contributed by atoms with Crippen molar-refractivity contribution in [2.45, 2.75) is 32.6 Å². The summed E-state index contributed by atoms with van der Waals surface area (Å²) in [6, 6.07) is 6.20. The first-order valence-electron chi connectivity index (χ1n) is 5.32. The minimum Gasteiger partial charge on any atom is -0.497 e. The van der Waals surface area contributed by atoms with Crippen molar-refractivity contribution in [3.05, 3.63) is 29.3 Å². The molecule has 0 amide bonds. The molecule has 0 aromatic heterocycles. The fourth-order valence-corrected chi connectivity index (χ4v) is 1.57. The zero-order chi connectivity index (χ0) is 11.3. The predicted molar refractivity (Wildman–Crippen MR) is 61.5 cm³/mol. The van der Waals surface area contributed by atoms with Gasteiger partial charge >= 0.3 is 0 Å². The SMILES string of the molecule is CCc1cc(OC)cc(C(C)CC=O)c1. The first-order valence-corrected chi connectivity index (χ1v) is 5.32. The summed E-state index contributed by atoms with van der Waals surface area (Å²) in [4.78, 5) is 10.5. The summed E-state index contributed by atoms with van der Waals surface area (Å²) in [5.74, 6) is 1.14. The van der Waals surface area contributed by atoms with Crippen molar-refractivity contribution >= 4 is 6.29 Å². The van der Waals surface area contributed by atoms with Crippen molar-refractivity contribution in [1.29, 1.82) is 0 Å². The van der Waals surface area contributed by atoms with Gasteiger partial charge in [0.1, 0.15) is 12.0 Å². The van der Waals surface area contributed by atoms with E-state index < -0.39 is 0 Å². The van der Waals surface area contributed by atoms with Crippen LogP contribution >= 0.6 is 0 Å². The van der Waals surface area contributed by atoms with Gasteiger partial charge in [-0.2, -0.15) is 0 Å². The van der Waals surface area contributed by atoms with Crippen LogP contribution < -0.4 is 4.74 Å². The number of methoxy groups -OCH3 is 1. The molecule has 15 heavy (non-hydrogen) atoms. The lowest BCUT2D eigenvalue weighted by molar-refractivity contribution is -0.108. The van der Waals surface area contributed by atoms with Crippen molar-refractivity contribution in [3.63, 3.8) is 0 Å². The Hall–Kier alpha value is -1.31. The molecule has 1 atom stereocenters. The summed E-state index contributed by atoms with van der Waals surface area (Å²) in [7, 11) is 1.67. The summed E-state index contributed by atoms with van der Waals surface area (Å²) < 4.78 is 5.24. The molecule has 2 heteroatoms. The van der Waals surface area contributed by atoms with Gasteiger partial charge in [-0.1, -0.05) is 19.9 Å². The molecule has 0 aliphatic rings. The molecule has 0 heterocycles. The molecule has 0 radical (unpaired) electrons. The molecule has 0 bridgehead atoms. The van der Waals surface area contributed by atoms with Gasteiger partial charge in [-0.05, 0) is 35.6 Å². The first kappa shape index (κ1) is 11.8. The smallest absolute Gasteiger partial charge is 0.120 e. The van der Waals surface area contributed by atoms with Gasteiger partial charge in [-0.25, -0.2) is 0 Å². The summed E-state index contributed by atoms with van der Waals surface area (Å²) >= 11 is 0. The van der Waals surface area contributed by atoms with Gasteiger partial charge in [0, 0.05) is 6.42 Å². The number of rotatable bonds is 5. The summed E-state index contributed by atoms with van der Waals surface area (Å²) in [5.41, 5.74) is 2.43. The third kappa shape index (κ3) is 3.08. The number of aryl methyl sites for hydroxylation is 1. The van der Waals surface area contributed by atoms with Crippen LogP contribution in [0, 0.1) is 0 Å². The van der Waals surface area contributed by atoms with E-state index in [1.165, 1.54) is 11.1 Å². The molecule has 2 nitrogen and oxygen atoms in total. The topological polar surface area (TPSA) is 26.3 Å². The van der Waals surface area contributed by atoms with E-state index in [-0.39, 0.29) is 5.92 Å². The van der Waals surface area contributed by atoms with Crippen LogP contribution in [0.3, 0.4) is 0 Å². The third-order valence-corrected chi connectivity index (χ3v) is 2.65. The Morgan fingerprint density at radius 2 is 2.13 bits per heavy atom. The lowest BCUT2D eigenvalue weighted by Crippen LogP contribution is -1.97. The van der Waals surface area contributed by atoms with E-state index in [2.05, 4.69) is 19.9 Å². The standard InChI is InChI=1S/C13H18O2/c1-4-11-7-12(10(2)5-6-14)9-13(8-11)15-3/h6-10H,4-5H2,1-3H3. The maximum atomic E-state index is 10.5. The number of hydrogen-bond acceptors (Lipinski definition) is 2. The van der Waals surface area contributed by atoms with E-state index in [9.17, 15) is 4.79 Å². The number of ether oxygens (including phenoxy) is 1. The van der Waals surface area contributed by atoms with Crippen molar-refractivity contribution in [1.82, 2.24) is 0 Å². The second-order valence-corrected chi connectivity index (χ2v) is 3.77. The highest BCUT2D eigenvalue weighted by molar-refractivity contribution is 5.52. The number of benzene rings is 1. The monoisotopic (exact) mass is 206 g/mol. The molecule has 82 valence electrons. The fraction of sp³-hybridized carbons (Fsp3) is 0.462. The van der Waals surface area contributed by atoms with Crippen LogP contribution in [-0.4, -0.2) is 13.4 Å². The van der Waals surface area contributed by atoms with Crippen LogP contribution in [-0.2, 0) is 11.2 Å². The third-order valence-electron chi connectivity index (χ3n) is 2.65. The van der Waals surface area contributed by atoms with Gasteiger partial charge in [-0.3, -0.25) is 0 Å². The van der Waals surface area contributed by atoms with Gasteiger partial charge in [0.15, 0.2) is 0 Å². The summed E-state index contributed by atoms with van der Waals surface area (Å²) in [6.07, 6.45) is 2.52. The van der Waals surface area contributed by atoms with Crippen LogP contribution in [0.25, 0.3) is 0 Å². The molecule has 1 aromatic carbocycles. The molecule has 0 saturated heterocycles. The number of hydrogen-bond donors (Lipinski definition) is 0. The Labute approximate surface area is 91.3 Å². The molecular formula is C13H18O2. The summed E-state index contributed by atoms with van der Waals surface area (Å²) in [6.45, 7) is 4.17. The van der Waals surface area contributed by atoms with Gasteiger partial charge < -0.3 is 9.53 Å². The average Bonchev–Trinajstić information content (AvgIpc) is 2.28. The first-order chi connectivity index (χ1) is 7.21. The maximum Gasteiger partial charge on any atom is 0.120 e. The molecule has 0 spiro atoms. The molecule has 0 fully saturated rings. The van der Waals surface area contributed by atoms with E-state index >= 15 is 0 Å². The lowest BCUT2D eigenvalue weighted by Gasteiger charge is -2.12. The average molecular weight is 206 g/mol. The highest BCUT2D eigenvalue weighted by Gasteiger charge is 2.07. The molecule has 1 unspecified atom stereocenters. The van der Waals surface area contributed by atoms with E-state index in [0.717, 1.165) is 18.5 Å². The van der Waals surface area contributed by atoms with Crippen LogP contribution in [0.15, 0.2) is 18.2 Å². The lowest BCUT2D eigenvalue weighted by atomic mass is 9.96. The Bertz CT molecular complexity index is 309. The Morgan fingerprint density at radius 1 is 1.40 bits per heavy atom. The molecule has 0 N–H and O–H groups in total. The predicted octanol–water partition coefficient (Wildman–Crippen LogP) is 2.95. The zero-order valence-electron chi connectivity index (χ0n) is 9.62. The van der Waals surface area contributed by atoms with Crippen molar-refractivity contribution in [2.24, 2.45) is 0 Å². The fourth-order valence-electron chi connectivity index (χ4n) is 1.57. The molecule has 0 aliphatic carbocycles. The van der Waals surface area contributed by atoms with E-state index in [4.69, 9.17) is 4.74 Å². The quantitative estimate of drug-likeness (QED) is 0.692. The van der Waals surface area contributed by atoms with Crippen molar-refractivity contribution < 1.29 is 9.53 Å². The largest absolute Gasteiger partial charge is 0.497 e. The van der Waals surface area contributed by atoms with Gasteiger partial charge in [0.25, 0.3) is 0 Å².